The largest absolute Gasteiger partial charge is 0.476 e. The number of fused-ring (bicyclic) bond motifs is 1. The van der Waals surface area contributed by atoms with Crippen molar-refractivity contribution in [2.24, 2.45) is 0 Å². The van der Waals surface area contributed by atoms with Crippen LogP contribution in [0, 0.1) is 18.3 Å². The molecule has 3 heterocycles. The van der Waals surface area contributed by atoms with E-state index in [1.807, 2.05) is 19.1 Å². The Morgan fingerprint density at radius 3 is 2.71 bits per heavy atom. The Balaban J connectivity index is 1.82. The van der Waals surface area contributed by atoms with Gasteiger partial charge in [0.15, 0.2) is 17.2 Å². The molecule has 1 saturated heterocycles. The molecule has 11 heteroatoms. The predicted octanol–water partition coefficient (Wildman–Crippen LogP) is 4.96. The van der Waals surface area contributed by atoms with E-state index in [2.05, 4.69) is 20.3 Å². The van der Waals surface area contributed by atoms with Crippen LogP contribution in [0.4, 0.5) is 20.3 Å². The summed E-state index contributed by atoms with van der Waals surface area (Å²) in [5, 5.41) is 22.3. The zero-order valence-corrected chi connectivity index (χ0v) is 19.4. The maximum Gasteiger partial charge on any atom is 0.356 e. The highest BCUT2D eigenvalue weighted by Gasteiger charge is 2.47. The van der Waals surface area contributed by atoms with Gasteiger partial charge in [-0.15, -0.1) is 0 Å². The number of carbonyl (C=O) groups is 1. The van der Waals surface area contributed by atoms with Gasteiger partial charge in [-0.3, -0.25) is 0 Å². The van der Waals surface area contributed by atoms with Crippen LogP contribution in [0.15, 0.2) is 24.3 Å². The second-order valence-corrected chi connectivity index (χ2v) is 8.70. The van der Waals surface area contributed by atoms with E-state index in [0.29, 0.717) is 16.6 Å². The molecule has 2 N–H and O–H groups in total. The predicted molar refractivity (Wildman–Crippen MR) is 124 cm³/mol. The number of benzene rings is 1. The molecule has 2 aromatic heterocycles. The van der Waals surface area contributed by atoms with Gasteiger partial charge in [0.2, 0.25) is 0 Å². The minimum atomic E-state index is -2.90. The molecule has 1 aliphatic rings. The number of hydrogen-bond acceptors (Lipinski definition) is 7. The number of nitrogens with zero attached hydrogens (tertiary/aromatic N) is 5. The zero-order valence-electron chi connectivity index (χ0n) is 18.6. The molecule has 0 amide bonds. The Morgan fingerprint density at radius 2 is 2.09 bits per heavy atom. The van der Waals surface area contributed by atoms with E-state index in [9.17, 15) is 23.9 Å². The van der Waals surface area contributed by atoms with Crippen LogP contribution < -0.4 is 10.2 Å². The summed E-state index contributed by atoms with van der Waals surface area (Å²) in [6.45, 7) is 5.12. The third-order valence-corrected chi connectivity index (χ3v) is 6.18. The molecule has 3 aromatic rings. The lowest BCUT2D eigenvalue weighted by Gasteiger charge is -2.26. The van der Waals surface area contributed by atoms with Gasteiger partial charge in [0, 0.05) is 18.5 Å². The van der Waals surface area contributed by atoms with Gasteiger partial charge in [0.05, 0.1) is 28.8 Å². The normalized spacial score (nSPS) is 18.0. The summed E-state index contributed by atoms with van der Waals surface area (Å²) in [7, 11) is 0. The molecule has 4 rings (SSSR count). The number of hydrogen-bond donors (Lipinski definition) is 2. The average molecular weight is 487 g/mol. The number of halogens is 3. The highest BCUT2D eigenvalue weighted by molar-refractivity contribution is 6.29. The maximum atomic E-state index is 14.2. The van der Waals surface area contributed by atoms with E-state index in [4.69, 9.17) is 11.6 Å². The smallest absolute Gasteiger partial charge is 0.356 e. The van der Waals surface area contributed by atoms with Crippen LogP contribution in [-0.2, 0) is 0 Å². The molecule has 1 aliphatic heterocycles. The van der Waals surface area contributed by atoms with Crippen molar-refractivity contribution >= 4 is 40.1 Å². The van der Waals surface area contributed by atoms with Crippen LogP contribution >= 0.6 is 11.6 Å². The average Bonchev–Trinajstić information content (AvgIpc) is 3.05. The fourth-order valence-corrected chi connectivity index (χ4v) is 4.29. The fraction of sp³-hybridized carbons (Fsp3) is 0.348. The van der Waals surface area contributed by atoms with Crippen molar-refractivity contribution in [3.05, 3.63) is 51.9 Å². The summed E-state index contributed by atoms with van der Waals surface area (Å²) < 4.78 is 28.4. The molecule has 0 radical (unpaired) electrons. The number of anilines is 2. The Bertz CT molecular complexity index is 1340. The summed E-state index contributed by atoms with van der Waals surface area (Å²) >= 11 is 5.85. The lowest BCUT2D eigenvalue weighted by atomic mass is 10.0. The van der Waals surface area contributed by atoms with Gasteiger partial charge in [0.1, 0.15) is 11.2 Å². The van der Waals surface area contributed by atoms with Crippen LogP contribution in [0.25, 0.3) is 11.0 Å². The Kier molecular flexibility index (Phi) is 6.00. The fourth-order valence-electron chi connectivity index (χ4n) is 4.14. The van der Waals surface area contributed by atoms with Crippen molar-refractivity contribution in [3.8, 4) is 6.07 Å². The molecule has 0 aliphatic carbocycles. The highest BCUT2D eigenvalue weighted by atomic mass is 35.5. The SMILES string of the molecule is Cc1cc([C@@H](C)Nc2ccc(Cl)nc2C(=O)O)c2nc(N3CCC(F)(F)[C@H]3C)c(C#N)nc2c1. The number of aromatic nitrogens is 3. The third kappa shape index (κ3) is 4.19. The molecule has 2 atom stereocenters. The summed E-state index contributed by atoms with van der Waals surface area (Å²) in [5.74, 6) is -4.03. The van der Waals surface area contributed by atoms with Gasteiger partial charge in [-0.05, 0) is 44.5 Å². The van der Waals surface area contributed by atoms with Gasteiger partial charge in [-0.25, -0.2) is 28.5 Å². The maximum absolute atomic E-state index is 14.2. The molecule has 1 aromatic carbocycles. The number of aryl methyl sites for hydroxylation is 1. The first-order valence-electron chi connectivity index (χ1n) is 10.5. The number of rotatable bonds is 5. The molecule has 176 valence electrons. The number of alkyl halides is 2. The first kappa shape index (κ1) is 23.6. The number of pyridine rings is 1. The zero-order chi connectivity index (χ0) is 24.8. The van der Waals surface area contributed by atoms with Crippen LogP contribution in [0.3, 0.4) is 0 Å². The number of nitrogens with one attached hydrogen (secondary N) is 1. The molecular weight excluding hydrogens is 466 g/mol. The first-order valence-corrected chi connectivity index (χ1v) is 10.9. The highest BCUT2D eigenvalue weighted by Crippen LogP contribution is 2.38. The second-order valence-electron chi connectivity index (χ2n) is 8.31. The van der Waals surface area contributed by atoms with Crippen LogP contribution in [0.1, 0.15) is 53.6 Å². The van der Waals surface area contributed by atoms with Crippen molar-refractivity contribution in [2.75, 3.05) is 16.8 Å². The molecule has 0 spiro atoms. The molecule has 0 unspecified atom stereocenters. The molecule has 1 fully saturated rings. The lowest BCUT2D eigenvalue weighted by Crippen LogP contribution is -2.37. The van der Waals surface area contributed by atoms with E-state index in [-0.39, 0.29) is 41.0 Å². The van der Waals surface area contributed by atoms with Crippen molar-refractivity contribution in [3.63, 3.8) is 0 Å². The lowest BCUT2D eigenvalue weighted by molar-refractivity contribution is -0.00187. The second kappa shape index (κ2) is 8.65. The molecule has 0 bridgehead atoms. The first-order chi connectivity index (χ1) is 16.0. The monoisotopic (exact) mass is 486 g/mol. The summed E-state index contributed by atoms with van der Waals surface area (Å²) in [6, 6.07) is 7.01. The standard InChI is InChI=1S/C23H21ClF2N6O2/c1-11-8-14(12(2)28-15-4-5-18(24)30-20(15)22(33)34)19-16(9-11)29-17(10-27)21(31-19)32-7-6-23(25,26)13(32)3/h4-5,8-9,12-13,28H,6-7H2,1-3H3,(H,33,34)/t12-,13-/m1/s1. The van der Waals surface area contributed by atoms with Gasteiger partial charge >= 0.3 is 5.97 Å². The van der Waals surface area contributed by atoms with Gasteiger partial charge in [-0.1, -0.05) is 17.7 Å². The molecule has 8 nitrogen and oxygen atoms in total. The van der Waals surface area contributed by atoms with E-state index < -0.39 is 24.0 Å². The van der Waals surface area contributed by atoms with Gasteiger partial charge < -0.3 is 15.3 Å². The summed E-state index contributed by atoms with van der Waals surface area (Å²) in [6.07, 6.45) is -0.334. The van der Waals surface area contributed by atoms with E-state index in [0.717, 1.165) is 5.56 Å². The molecule has 0 saturated carbocycles. The number of aromatic carboxylic acids is 1. The summed E-state index contributed by atoms with van der Waals surface area (Å²) in [5.41, 5.74) is 2.38. The van der Waals surface area contributed by atoms with Crippen molar-refractivity contribution in [1.82, 2.24) is 15.0 Å². The van der Waals surface area contributed by atoms with E-state index >= 15 is 0 Å². The van der Waals surface area contributed by atoms with Crippen molar-refractivity contribution < 1.29 is 18.7 Å². The van der Waals surface area contributed by atoms with Crippen LogP contribution in [-0.4, -0.2) is 44.5 Å². The third-order valence-electron chi connectivity index (χ3n) is 5.97. The number of carboxylic acids is 1. The quantitative estimate of drug-likeness (QED) is 0.486. The number of nitriles is 1. The van der Waals surface area contributed by atoms with E-state index in [1.165, 1.54) is 24.0 Å². The Labute approximate surface area is 199 Å². The van der Waals surface area contributed by atoms with Gasteiger partial charge in [0.25, 0.3) is 5.92 Å². The Morgan fingerprint density at radius 1 is 1.35 bits per heavy atom. The number of carboxylic acid groups (broad SMARTS) is 1. The van der Waals surface area contributed by atoms with Crippen LogP contribution in [0.2, 0.25) is 5.15 Å². The van der Waals surface area contributed by atoms with Crippen molar-refractivity contribution in [2.45, 2.75) is 45.2 Å². The Hall–Kier alpha value is -3.58. The van der Waals surface area contributed by atoms with Gasteiger partial charge in [-0.2, -0.15) is 5.26 Å². The minimum Gasteiger partial charge on any atom is -0.476 e. The van der Waals surface area contributed by atoms with Crippen LogP contribution in [0.5, 0.6) is 0 Å². The van der Waals surface area contributed by atoms with E-state index in [1.54, 1.807) is 13.0 Å². The topological polar surface area (TPSA) is 115 Å². The summed E-state index contributed by atoms with van der Waals surface area (Å²) in [4.78, 5) is 26.0. The molecular formula is C23H21ClF2N6O2. The minimum absolute atomic E-state index is 0.0238. The molecule has 34 heavy (non-hydrogen) atoms. The van der Waals surface area contributed by atoms with Crippen molar-refractivity contribution in [1.29, 1.82) is 5.26 Å².